The van der Waals surface area contributed by atoms with Gasteiger partial charge in [0.25, 0.3) is 0 Å². The van der Waals surface area contributed by atoms with Crippen molar-refractivity contribution >= 4 is 29.5 Å². The molecule has 0 saturated carbocycles. The van der Waals surface area contributed by atoms with Crippen molar-refractivity contribution in [2.24, 2.45) is 17.8 Å². The van der Waals surface area contributed by atoms with Crippen molar-refractivity contribution in [3.8, 4) is 0 Å². The van der Waals surface area contributed by atoms with E-state index in [-0.39, 0.29) is 35.5 Å². The minimum atomic E-state index is -0.702. The highest BCUT2D eigenvalue weighted by Gasteiger charge is 2.76. The summed E-state index contributed by atoms with van der Waals surface area (Å²) in [5.41, 5.74) is 1.00. The summed E-state index contributed by atoms with van der Waals surface area (Å²) < 4.78 is -0.656. The first kappa shape index (κ1) is 26.0. The highest BCUT2D eigenvalue weighted by Crippen LogP contribution is 2.68. The highest BCUT2D eigenvalue weighted by atomic mass is 32.2. The zero-order valence-corrected chi connectivity index (χ0v) is 21.9. The average molecular weight is 502 g/mol. The number of amides is 3. The molecule has 0 radical (unpaired) electrons. The Hall–Kier alpha value is -2.06. The summed E-state index contributed by atoms with van der Waals surface area (Å²) >= 11 is 1.68. The van der Waals surface area contributed by atoms with Gasteiger partial charge >= 0.3 is 0 Å². The smallest absolute Gasteiger partial charge is 0.244 e. The first-order valence-electron chi connectivity index (χ1n) is 13.1. The van der Waals surface area contributed by atoms with E-state index in [1.807, 2.05) is 37.3 Å². The number of fused-ring (bicyclic) bond motifs is 1. The Morgan fingerprint density at radius 1 is 1.14 bits per heavy atom. The van der Waals surface area contributed by atoms with Gasteiger partial charge in [0.1, 0.15) is 6.04 Å². The molecule has 1 aromatic rings. The molecule has 7 atom stereocenters. The lowest BCUT2D eigenvalue weighted by atomic mass is 9.66. The summed E-state index contributed by atoms with van der Waals surface area (Å²) in [7, 11) is 0. The molecule has 192 valence electrons. The van der Waals surface area contributed by atoms with E-state index >= 15 is 0 Å². The molecule has 0 aliphatic carbocycles. The fraction of sp³-hybridized carbons (Fsp3) is 0.667. The van der Waals surface area contributed by atoms with Crippen LogP contribution in [0.15, 0.2) is 30.3 Å². The number of carbonyl (C=O) groups excluding carboxylic acids is 3. The average Bonchev–Trinajstić information content (AvgIpc) is 3.45. The van der Waals surface area contributed by atoms with Gasteiger partial charge in [0, 0.05) is 18.3 Å². The van der Waals surface area contributed by atoms with Gasteiger partial charge < -0.3 is 20.6 Å². The number of hydrogen-bond acceptors (Lipinski definition) is 5. The number of aliphatic hydroxyl groups is 1. The molecule has 3 N–H and O–H groups in total. The lowest BCUT2D eigenvalue weighted by molar-refractivity contribution is -0.142. The largest absolute Gasteiger partial charge is 0.394 e. The molecule has 0 aromatic heterocycles. The van der Waals surface area contributed by atoms with Gasteiger partial charge in [0.15, 0.2) is 0 Å². The van der Waals surface area contributed by atoms with Crippen molar-refractivity contribution in [1.29, 1.82) is 0 Å². The van der Waals surface area contributed by atoms with Gasteiger partial charge in [-0.05, 0) is 37.2 Å². The summed E-state index contributed by atoms with van der Waals surface area (Å²) in [6, 6.07) is 8.52. The Bertz CT molecular complexity index is 928. The predicted molar refractivity (Wildman–Crippen MR) is 138 cm³/mol. The van der Waals surface area contributed by atoms with Crippen LogP contribution in [0.4, 0.5) is 0 Å². The van der Waals surface area contributed by atoms with Crippen LogP contribution < -0.4 is 10.6 Å². The number of hydrogen-bond donors (Lipinski definition) is 3. The quantitative estimate of drug-likeness (QED) is 0.405. The highest BCUT2D eigenvalue weighted by molar-refractivity contribution is 8.02. The van der Waals surface area contributed by atoms with E-state index in [1.54, 1.807) is 16.7 Å². The molecule has 3 fully saturated rings. The number of carbonyl (C=O) groups is 3. The molecule has 35 heavy (non-hydrogen) atoms. The van der Waals surface area contributed by atoms with Gasteiger partial charge in [-0.25, -0.2) is 0 Å². The van der Waals surface area contributed by atoms with Crippen LogP contribution >= 0.6 is 11.8 Å². The van der Waals surface area contributed by atoms with Crippen LogP contribution in [0.2, 0.25) is 0 Å². The molecule has 1 aromatic carbocycles. The van der Waals surface area contributed by atoms with Gasteiger partial charge in [-0.15, -0.1) is 11.8 Å². The summed E-state index contributed by atoms with van der Waals surface area (Å²) in [6.45, 7) is 7.09. The molecule has 2 bridgehead atoms. The fourth-order valence-corrected chi connectivity index (χ4v) is 8.85. The number of aliphatic hydroxyl groups excluding tert-OH is 1. The molecule has 3 unspecified atom stereocenters. The first-order valence-corrected chi connectivity index (χ1v) is 14.0. The van der Waals surface area contributed by atoms with Crippen LogP contribution in [0.25, 0.3) is 0 Å². The van der Waals surface area contributed by atoms with Crippen molar-refractivity contribution in [2.75, 3.05) is 19.7 Å². The molecule has 3 saturated heterocycles. The molecule has 8 heteroatoms. The zero-order valence-electron chi connectivity index (χ0n) is 21.0. The monoisotopic (exact) mass is 501 g/mol. The minimum absolute atomic E-state index is 0.0330. The van der Waals surface area contributed by atoms with Crippen LogP contribution in [-0.2, 0) is 20.8 Å². The Labute approximate surface area is 212 Å². The Morgan fingerprint density at radius 3 is 2.51 bits per heavy atom. The number of likely N-dealkylation sites (tertiary alicyclic amines) is 1. The van der Waals surface area contributed by atoms with E-state index in [1.165, 1.54) is 0 Å². The number of nitrogens with one attached hydrogen (secondary N) is 2. The minimum Gasteiger partial charge on any atom is -0.394 e. The second kappa shape index (κ2) is 10.9. The molecular formula is C27H39N3O4S. The molecule has 7 nitrogen and oxygen atoms in total. The maximum absolute atomic E-state index is 14.2. The molecular weight excluding hydrogens is 462 g/mol. The second-order valence-electron chi connectivity index (χ2n) is 10.3. The lowest BCUT2D eigenvalue weighted by Crippen LogP contribution is -2.59. The van der Waals surface area contributed by atoms with Gasteiger partial charge in [-0.3, -0.25) is 14.4 Å². The van der Waals surface area contributed by atoms with Gasteiger partial charge in [-0.1, -0.05) is 57.5 Å². The van der Waals surface area contributed by atoms with Crippen molar-refractivity contribution in [3.63, 3.8) is 0 Å². The summed E-state index contributed by atoms with van der Waals surface area (Å²) in [5, 5.41) is 16.6. The topological polar surface area (TPSA) is 98.7 Å². The van der Waals surface area contributed by atoms with Crippen LogP contribution in [-0.4, -0.2) is 69.5 Å². The molecule has 4 rings (SSSR count). The van der Waals surface area contributed by atoms with Gasteiger partial charge in [0.2, 0.25) is 17.7 Å². The summed E-state index contributed by atoms with van der Waals surface area (Å²) in [4.78, 5) is 42.9. The van der Waals surface area contributed by atoms with Crippen molar-refractivity contribution in [2.45, 2.75) is 75.0 Å². The number of unbranched alkanes of at least 4 members (excludes halogenated alkanes) is 1. The van der Waals surface area contributed by atoms with Crippen LogP contribution in [0.5, 0.6) is 0 Å². The van der Waals surface area contributed by atoms with E-state index in [0.717, 1.165) is 31.2 Å². The van der Waals surface area contributed by atoms with Crippen LogP contribution in [0.3, 0.4) is 0 Å². The van der Waals surface area contributed by atoms with Gasteiger partial charge in [0.05, 0.1) is 29.2 Å². The molecule has 3 aliphatic heterocycles. The normalized spacial score (nSPS) is 31.9. The first-order chi connectivity index (χ1) is 16.9. The molecule has 3 heterocycles. The van der Waals surface area contributed by atoms with Crippen LogP contribution in [0, 0.1) is 17.8 Å². The van der Waals surface area contributed by atoms with E-state index < -0.39 is 28.7 Å². The standard InChI is InChI=1S/C27H39N3O4S/c1-4-6-13-29-25(33)23-27-17(3)14-20(35-27)21(24(32)28-12-5-2)22(27)26(34)30(23)19(16-31)15-18-10-8-7-9-11-18/h7-11,17,19-23,31H,4-6,12-16H2,1-3H3,(H,28,32)(H,29,33)/t17?,19-,20+,21-,22+,23?,27?/m1/s1. The SMILES string of the molecule is CCCCNC(=O)C1N([C@@H](CO)Cc2ccccc2)C(=O)[C@@H]2[C@H](C(=O)NCCC)[C@@H]3CC(C)C12S3. The van der Waals surface area contributed by atoms with E-state index in [9.17, 15) is 19.5 Å². The third-order valence-electron chi connectivity index (χ3n) is 8.03. The zero-order chi connectivity index (χ0) is 25.2. The van der Waals surface area contributed by atoms with E-state index in [2.05, 4.69) is 24.5 Å². The van der Waals surface area contributed by atoms with Crippen LogP contribution in [0.1, 0.15) is 52.0 Å². The van der Waals surface area contributed by atoms with Crippen molar-refractivity contribution in [1.82, 2.24) is 15.5 Å². The third kappa shape index (κ3) is 4.48. The predicted octanol–water partition coefficient (Wildman–Crippen LogP) is 2.37. The van der Waals surface area contributed by atoms with Crippen molar-refractivity contribution in [3.05, 3.63) is 35.9 Å². The third-order valence-corrected chi connectivity index (χ3v) is 10.1. The lowest BCUT2D eigenvalue weighted by Gasteiger charge is -2.40. The van der Waals surface area contributed by atoms with E-state index in [0.29, 0.717) is 19.5 Å². The molecule has 1 spiro atoms. The number of thioether (sulfide) groups is 1. The Kier molecular flexibility index (Phi) is 8.11. The molecule has 3 amide bonds. The molecule has 3 aliphatic rings. The van der Waals surface area contributed by atoms with Gasteiger partial charge in [-0.2, -0.15) is 0 Å². The second-order valence-corrected chi connectivity index (χ2v) is 11.8. The Morgan fingerprint density at radius 2 is 1.86 bits per heavy atom. The van der Waals surface area contributed by atoms with E-state index in [4.69, 9.17) is 0 Å². The Balaban J connectivity index is 1.72. The summed E-state index contributed by atoms with van der Waals surface area (Å²) in [5.74, 6) is -1.27. The maximum Gasteiger partial charge on any atom is 0.244 e. The maximum atomic E-state index is 14.2. The fourth-order valence-electron chi connectivity index (χ4n) is 6.44. The summed E-state index contributed by atoms with van der Waals surface area (Å²) in [6.07, 6.45) is 3.92. The number of benzene rings is 1. The number of rotatable bonds is 11. The van der Waals surface area contributed by atoms with Crippen molar-refractivity contribution < 1.29 is 19.5 Å². The number of nitrogens with zero attached hydrogens (tertiary/aromatic N) is 1.